The third-order valence-electron chi connectivity index (χ3n) is 1.51. The minimum atomic E-state index is -1.39. The summed E-state index contributed by atoms with van der Waals surface area (Å²) in [6, 6.07) is 2.94. The minimum absolute atomic E-state index is 0.0479. The Balaban J connectivity index is 2.79. The van der Waals surface area contributed by atoms with Crippen molar-refractivity contribution in [3.8, 4) is 0 Å². The monoisotopic (exact) mass is 167 g/mol. The first kappa shape index (κ1) is 8.52. The van der Waals surface area contributed by atoms with E-state index >= 15 is 0 Å². The summed E-state index contributed by atoms with van der Waals surface area (Å²) in [6.45, 7) is 1.26. The molecule has 0 radical (unpaired) electrons. The molecule has 0 N–H and O–H groups in total. The molecule has 0 fully saturated rings. The Kier molecular flexibility index (Phi) is 2.28. The highest BCUT2D eigenvalue weighted by Crippen LogP contribution is 2.08. The molecule has 1 aromatic heterocycles. The summed E-state index contributed by atoms with van der Waals surface area (Å²) in [5, 5.41) is 10.3. The Hall–Kier alpha value is -1.58. The van der Waals surface area contributed by atoms with Gasteiger partial charge in [0.2, 0.25) is 5.78 Å². The van der Waals surface area contributed by atoms with Gasteiger partial charge in [-0.25, -0.2) is 0 Å². The van der Waals surface area contributed by atoms with Crippen LogP contribution in [0, 0.1) is 5.92 Å². The fourth-order valence-corrected chi connectivity index (χ4v) is 0.739. The number of carboxylic acids is 1. The van der Waals surface area contributed by atoms with Gasteiger partial charge in [0.25, 0.3) is 0 Å². The Bertz CT molecular complexity index is 286. The van der Waals surface area contributed by atoms with Crippen LogP contribution in [0.15, 0.2) is 22.8 Å². The molecule has 0 aliphatic carbocycles. The number of rotatable bonds is 3. The molecule has 1 aromatic rings. The van der Waals surface area contributed by atoms with Gasteiger partial charge in [-0.2, -0.15) is 0 Å². The predicted octanol–water partition coefficient (Wildman–Crippen LogP) is -0.152. The maximum Gasteiger partial charge on any atom is 0.206 e. The zero-order chi connectivity index (χ0) is 9.14. The van der Waals surface area contributed by atoms with Gasteiger partial charge >= 0.3 is 0 Å². The molecule has 0 aromatic carbocycles. The molecule has 0 saturated heterocycles. The fourth-order valence-electron chi connectivity index (χ4n) is 0.739. The van der Waals surface area contributed by atoms with Gasteiger partial charge in [0.1, 0.15) is 0 Å². The highest BCUT2D eigenvalue weighted by molar-refractivity contribution is 6.05. The topological polar surface area (TPSA) is 70.3 Å². The van der Waals surface area contributed by atoms with Gasteiger partial charge in [-0.05, 0) is 19.1 Å². The number of carbonyl (C=O) groups excluding carboxylic acids is 2. The first-order chi connectivity index (χ1) is 5.63. The summed E-state index contributed by atoms with van der Waals surface area (Å²) >= 11 is 0. The van der Waals surface area contributed by atoms with Crippen molar-refractivity contribution >= 4 is 11.8 Å². The van der Waals surface area contributed by atoms with Crippen molar-refractivity contribution in [3.63, 3.8) is 0 Å². The van der Waals surface area contributed by atoms with Crippen LogP contribution in [0.2, 0.25) is 0 Å². The highest BCUT2D eigenvalue weighted by atomic mass is 16.4. The second kappa shape index (κ2) is 3.21. The van der Waals surface area contributed by atoms with E-state index in [2.05, 4.69) is 0 Å². The molecule has 1 rings (SSSR count). The summed E-state index contributed by atoms with van der Waals surface area (Å²) < 4.78 is 4.73. The van der Waals surface area contributed by atoms with Crippen molar-refractivity contribution in [1.82, 2.24) is 0 Å². The molecule has 0 aliphatic heterocycles. The SMILES string of the molecule is CC(C(=O)[O-])C(=O)c1ccco1. The number of Topliss-reactive ketones (excluding diaryl/α,β-unsaturated/α-hetero) is 1. The van der Waals surface area contributed by atoms with Crippen LogP contribution < -0.4 is 5.11 Å². The summed E-state index contributed by atoms with van der Waals surface area (Å²) in [7, 11) is 0. The quantitative estimate of drug-likeness (QED) is 0.463. The molecule has 0 saturated carbocycles. The molecule has 1 unspecified atom stereocenters. The Morgan fingerprint density at radius 3 is 2.67 bits per heavy atom. The van der Waals surface area contributed by atoms with Gasteiger partial charge in [-0.15, -0.1) is 0 Å². The molecule has 4 nitrogen and oxygen atoms in total. The number of furan rings is 1. The molecular formula is C8H7O4-. The summed E-state index contributed by atoms with van der Waals surface area (Å²) in [4.78, 5) is 21.4. The molecule has 0 spiro atoms. The predicted molar refractivity (Wildman–Crippen MR) is 37.2 cm³/mol. The second-order valence-electron chi connectivity index (χ2n) is 2.38. The molecule has 4 heteroatoms. The zero-order valence-corrected chi connectivity index (χ0v) is 6.44. The lowest BCUT2D eigenvalue weighted by Gasteiger charge is -2.08. The Labute approximate surface area is 68.8 Å². The van der Waals surface area contributed by atoms with E-state index in [0.717, 1.165) is 0 Å². The Morgan fingerprint density at radius 1 is 1.58 bits per heavy atom. The maximum atomic E-state index is 11.1. The van der Waals surface area contributed by atoms with Crippen LogP contribution in [0.5, 0.6) is 0 Å². The third kappa shape index (κ3) is 1.53. The average Bonchev–Trinajstić information content (AvgIpc) is 2.53. The van der Waals surface area contributed by atoms with Crippen molar-refractivity contribution in [3.05, 3.63) is 24.2 Å². The van der Waals surface area contributed by atoms with Crippen LogP contribution in [-0.4, -0.2) is 11.8 Å². The summed E-state index contributed by atoms with van der Waals surface area (Å²) in [5.41, 5.74) is 0. The number of hydrogen-bond donors (Lipinski definition) is 0. The molecule has 12 heavy (non-hydrogen) atoms. The van der Waals surface area contributed by atoms with E-state index in [9.17, 15) is 14.7 Å². The van der Waals surface area contributed by atoms with Crippen LogP contribution in [0.25, 0.3) is 0 Å². The van der Waals surface area contributed by atoms with Crippen molar-refractivity contribution in [2.45, 2.75) is 6.92 Å². The smallest absolute Gasteiger partial charge is 0.206 e. The normalized spacial score (nSPS) is 12.4. The fraction of sp³-hybridized carbons (Fsp3) is 0.250. The van der Waals surface area contributed by atoms with E-state index < -0.39 is 17.7 Å². The lowest BCUT2D eigenvalue weighted by molar-refractivity contribution is -0.308. The van der Waals surface area contributed by atoms with E-state index in [1.54, 1.807) is 0 Å². The molecular weight excluding hydrogens is 160 g/mol. The van der Waals surface area contributed by atoms with Gasteiger partial charge in [0.15, 0.2) is 5.76 Å². The van der Waals surface area contributed by atoms with Crippen LogP contribution in [-0.2, 0) is 4.79 Å². The van der Waals surface area contributed by atoms with E-state index in [4.69, 9.17) is 4.42 Å². The summed E-state index contributed by atoms with van der Waals surface area (Å²) in [6.07, 6.45) is 1.31. The highest BCUT2D eigenvalue weighted by Gasteiger charge is 2.17. The standard InChI is InChI=1S/C8H8O4/c1-5(8(10)11)7(9)6-3-2-4-12-6/h2-5H,1H3,(H,10,11)/p-1. The first-order valence-corrected chi connectivity index (χ1v) is 3.41. The Morgan fingerprint density at radius 2 is 2.25 bits per heavy atom. The van der Waals surface area contributed by atoms with Crippen molar-refractivity contribution in [2.24, 2.45) is 5.92 Å². The number of carbonyl (C=O) groups is 2. The van der Waals surface area contributed by atoms with E-state index in [1.807, 2.05) is 0 Å². The number of ketones is 1. The number of aliphatic carboxylic acids is 1. The van der Waals surface area contributed by atoms with Crippen molar-refractivity contribution in [2.75, 3.05) is 0 Å². The maximum absolute atomic E-state index is 11.1. The lowest BCUT2D eigenvalue weighted by atomic mass is 10.1. The van der Waals surface area contributed by atoms with Gasteiger partial charge in [0.05, 0.1) is 18.2 Å². The second-order valence-corrected chi connectivity index (χ2v) is 2.38. The minimum Gasteiger partial charge on any atom is -0.549 e. The van der Waals surface area contributed by atoms with Crippen LogP contribution >= 0.6 is 0 Å². The van der Waals surface area contributed by atoms with Crippen LogP contribution in [0.1, 0.15) is 17.5 Å². The summed E-state index contributed by atoms with van der Waals surface area (Å²) in [5.74, 6) is -3.07. The third-order valence-corrected chi connectivity index (χ3v) is 1.51. The largest absolute Gasteiger partial charge is 0.549 e. The lowest BCUT2D eigenvalue weighted by Crippen LogP contribution is -2.34. The molecule has 0 amide bonds. The van der Waals surface area contributed by atoms with Crippen LogP contribution in [0.4, 0.5) is 0 Å². The van der Waals surface area contributed by atoms with Crippen LogP contribution in [0.3, 0.4) is 0 Å². The average molecular weight is 167 g/mol. The van der Waals surface area contributed by atoms with E-state index in [0.29, 0.717) is 0 Å². The molecule has 0 aliphatic rings. The van der Waals surface area contributed by atoms with Crippen molar-refractivity contribution < 1.29 is 19.1 Å². The van der Waals surface area contributed by atoms with E-state index in [-0.39, 0.29) is 5.76 Å². The molecule has 1 heterocycles. The van der Waals surface area contributed by atoms with Gasteiger partial charge in [-0.1, -0.05) is 0 Å². The molecule has 64 valence electrons. The number of hydrogen-bond acceptors (Lipinski definition) is 4. The van der Waals surface area contributed by atoms with Gasteiger partial charge in [0, 0.05) is 0 Å². The molecule has 1 atom stereocenters. The van der Waals surface area contributed by atoms with E-state index in [1.165, 1.54) is 25.3 Å². The molecule has 0 bridgehead atoms. The number of carboxylic acid groups (broad SMARTS) is 1. The first-order valence-electron chi connectivity index (χ1n) is 3.41. The van der Waals surface area contributed by atoms with Crippen molar-refractivity contribution in [1.29, 1.82) is 0 Å². The van der Waals surface area contributed by atoms with Gasteiger partial charge in [-0.3, -0.25) is 4.79 Å². The zero-order valence-electron chi connectivity index (χ0n) is 6.44. The van der Waals surface area contributed by atoms with Gasteiger partial charge < -0.3 is 14.3 Å².